The summed E-state index contributed by atoms with van der Waals surface area (Å²) in [5.41, 5.74) is 2.24. The third-order valence-corrected chi connectivity index (χ3v) is 4.65. The maximum Gasteiger partial charge on any atom is 0.264 e. The van der Waals surface area contributed by atoms with E-state index in [0.29, 0.717) is 29.1 Å². The van der Waals surface area contributed by atoms with Crippen molar-refractivity contribution in [1.82, 2.24) is 9.97 Å². The number of hydrogen-bond donors (Lipinski definition) is 0. The van der Waals surface area contributed by atoms with Crippen LogP contribution in [0.4, 0.5) is 0 Å². The SMILES string of the molecule is CSc1nc(CC(C)C)c(OCc2ccccc2)nc1COS(C)(=O)=O. The highest BCUT2D eigenvalue weighted by molar-refractivity contribution is 7.98. The van der Waals surface area contributed by atoms with E-state index in [0.717, 1.165) is 23.9 Å². The van der Waals surface area contributed by atoms with Crippen LogP contribution in [0.25, 0.3) is 0 Å². The lowest BCUT2D eigenvalue weighted by Gasteiger charge is -2.15. The van der Waals surface area contributed by atoms with Crippen LogP contribution in [0.3, 0.4) is 0 Å². The summed E-state index contributed by atoms with van der Waals surface area (Å²) in [6, 6.07) is 9.78. The molecule has 0 atom stereocenters. The lowest BCUT2D eigenvalue weighted by Crippen LogP contribution is -2.11. The molecule has 0 N–H and O–H groups in total. The minimum Gasteiger partial charge on any atom is -0.471 e. The van der Waals surface area contributed by atoms with Crippen LogP contribution in [0.15, 0.2) is 35.4 Å². The molecule has 2 aromatic rings. The standard InChI is InChI=1S/C18H24N2O4S2/c1-13(2)10-15-17(23-11-14-8-6-5-7-9-14)19-16(18(20-15)25-3)12-24-26(4,21)22/h5-9,13H,10-12H2,1-4H3. The van der Waals surface area contributed by atoms with E-state index < -0.39 is 10.1 Å². The molecule has 142 valence electrons. The minimum atomic E-state index is -3.56. The van der Waals surface area contributed by atoms with Gasteiger partial charge in [-0.2, -0.15) is 8.42 Å². The summed E-state index contributed by atoms with van der Waals surface area (Å²) in [6.07, 6.45) is 3.61. The van der Waals surface area contributed by atoms with E-state index >= 15 is 0 Å². The van der Waals surface area contributed by atoms with Gasteiger partial charge >= 0.3 is 0 Å². The van der Waals surface area contributed by atoms with Gasteiger partial charge in [0, 0.05) is 0 Å². The zero-order chi connectivity index (χ0) is 19.2. The zero-order valence-corrected chi connectivity index (χ0v) is 17.1. The Morgan fingerprint density at radius 2 is 1.77 bits per heavy atom. The van der Waals surface area contributed by atoms with Crippen LogP contribution in [0.5, 0.6) is 5.88 Å². The van der Waals surface area contributed by atoms with Gasteiger partial charge in [-0.3, -0.25) is 4.18 Å². The van der Waals surface area contributed by atoms with Crippen molar-refractivity contribution in [2.24, 2.45) is 5.92 Å². The van der Waals surface area contributed by atoms with Gasteiger partial charge < -0.3 is 4.74 Å². The van der Waals surface area contributed by atoms with E-state index in [1.54, 1.807) is 0 Å². The van der Waals surface area contributed by atoms with Crippen molar-refractivity contribution in [1.29, 1.82) is 0 Å². The number of thioether (sulfide) groups is 1. The largest absolute Gasteiger partial charge is 0.471 e. The lowest BCUT2D eigenvalue weighted by atomic mass is 10.1. The first-order chi connectivity index (χ1) is 12.3. The smallest absolute Gasteiger partial charge is 0.264 e. The van der Waals surface area contributed by atoms with Gasteiger partial charge in [0.1, 0.15) is 29.6 Å². The molecule has 0 saturated carbocycles. The fraction of sp³-hybridized carbons (Fsp3) is 0.444. The molecule has 0 aliphatic heterocycles. The summed E-state index contributed by atoms with van der Waals surface area (Å²) in [5, 5.41) is 0.649. The first kappa shape index (κ1) is 20.7. The van der Waals surface area contributed by atoms with Crippen LogP contribution >= 0.6 is 11.8 Å². The van der Waals surface area contributed by atoms with Crippen LogP contribution < -0.4 is 4.74 Å². The van der Waals surface area contributed by atoms with Crippen LogP contribution in [0.1, 0.15) is 30.8 Å². The van der Waals surface area contributed by atoms with Gasteiger partial charge in [0.15, 0.2) is 0 Å². The molecule has 0 amide bonds. The van der Waals surface area contributed by atoms with Crippen molar-refractivity contribution in [2.45, 2.75) is 38.5 Å². The van der Waals surface area contributed by atoms with Crippen LogP contribution in [-0.2, 0) is 33.9 Å². The molecule has 0 aliphatic rings. The minimum absolute atomic E-state index is 0.161. The molecule has 8 heteroatoms. The number of ether oxygens (including phenoxy) is 1. The summed E-state index contributed by atoms with van der Waals surface area (Å²) < 4.78 is 33.4. The third kappa shape index (κ3) is 6.59. The number of rotatable bonds is 9. The quantitative estimate of drug-likeness (QED) is 0.474. The molecular weight excluding hydrogens is 372 g/mol. The van der Waals surface area contributed by atoms with Crippen LogP contribution in [0, 0.1) is 5.92 Å². The molecule has 0 spiro atoms. The Bertz CT molecular complexity index is 825. The van der Waals surface area contributed by atoms with E-state index in [4.69, 9.17) is 8.92 Å². The molecule has 6 nitrogen and oxygen atoms in total. The normalized spacial score (nSPS) is 11.7. The number of benzene rings is 1. The molecule has 1 aromatic heterocycles. The Balaban J connectivity index is 2.31. The number of hydrogen-bond acceptors (Lipinski definition) is 7. The first-order valence-electron chi connectivity index (χ1n) is 8.23. The Morgan fingerprint density at radius 1 is 1.08 bits per heavy atom. The topological polar surface area (TPSA) is 78.4 Å². The van der Waals surface area contributed by atoms with Crippen LogP contribution in [-0.4, -0.2) is 30.9 Å². The highest BCUT2D eigenvalue weighted by atomic mass is 32.2. The summed E-state index contributed by atoms with van der Waals surface area (Å²) in [5.74, 6) is 0.809. The van der Waals surface area contributed by atoms with Crippen molar-refractivity contribution in [3.05, 3.63) is 47.3 Å². The van der Waals surface area contributed by atoms with Gasteiger partial charge in [-0.25, -0.2) is 9.97 Å². The molecule has 0 aliphatic carbocycles. The van der Waals surface area contributed by atoms with E-state index in [9.17, 15) is 8.42 Å². The number of aromatic nitrogens is 2. The fourth-order valence-electron chi connectivity index (χ4n) is 2.25. The molecule has 1 aromatic carbocycles. The molecule has 26 heavy (non-hydrogen) atoms. The average molecular weight is 397 g/mol. The maximum atomic E-state index is 11.3. The molecule has 0 bridgehead atoms. The Hall–Kier alpha value is -1.64. The van der Waals surface area contributed by atoms with Crippen molar-refractivity contribution >= 4 is 21.9 Å². The monoisotopic (exact) mass is 396 g/mol. The average Bonchev–Trinajstić information content (AvgIpc) is 2.58. The summed E-state index contributed by atoms with van der Waals surface area (Å²) in [4.78, 5) is 9.16. The molecular formula is C18H24N2O4S2. The molecule has 1 heterocycles. The van der Waals surface area contributed by atoms with Gasteiger partial charge in [-0.05, 0) is 24.2 Å². The predicted molar refractivity (Wildman–Crippen MR) is 103 cm³/mol. The lowest BCUT2D eigenvalue weighted by molar-refractivity contribution is 0.273. The van der Waals surface area contributed by atoms with Gasteiger partial charge in [-0.15, -0.1) is 11.8 Å². The van der Waals surface area contributed by atoms with E-state index in [2.05, 4.69) is 23.8 Å². The zero-order valence-electron chi connectivity index (χ0n) is 15.4. The number of nitrogens with zero attached hydrogens (tertiary/aromatic N) is 2. The summed E-state index contributed by atoms with van der Waals surface area (Å²) in [6.45, 7) is 4.40. The third-order valence-electron chi connectivity index (χ3n) is 3.39. The van der Waals surface area contributed by atoms with Gasteiger partial charge in [0.25, 0.3) is 10.1 Å². The molecule has 2 rings (SSSR count). The van der Waals surface area contributed by atoms with Crippen molar-refractivity contribution < 1.29 is 17.3 Å². The first-order valence-corrected chi connectivity index (χ1v) is 11.3. The molecule has 0 saturated heterocycles. The van der Waals surface area contributed by atoms with Gasteiger partial charge in [0.2, 0.25) is 5.88 Å². The second-order valence-electron chi connectivity index (χ2n) is 6.27. The molecule has 0 unspecified atom stereocenters. The second kappa shape index (κ2) is 9.34. The van der Waals surface area contributed by atoms with E-state index in [-0.39, 0.29) is 6.61 Å². The van der Waals surface area contributed by atoms with Crippen LogP contribution in [0.2, 0.25) is 0 Å². The van der Waals surface area contributed by atoms with Crippen molar-refractivity contribution in [3.8, 4) is 5.88 Å². The highest BCUT2D eigenvalue weighted by Gasteiger charge is 2.17. The highest BCUT2D eigenvalue weighted by Crippen LogP contribution is 2.26. The van der Waals surface area contributed by atoms with Crippen molar-refractivity contribution in [2.75, 3.05) is 12.5 Å². The van der Waals surface area contributed by atoms with E-state index in [1.165, 1.54) is 11.8 Å². The summed E-state index contributed by atoms with van der Waals surface area (Å²) >= 11 is 1.41. The Labute approximate surface area is 159 Å². The maximum absolute atomic E-state index is 11.3. The van der Waals surface area contributed by atoms with Crippen molar-refractivity contribution in [3.63, 3.8) is 0 Å². The fourth-order valence-corrected chi connectivity index (χ4v) is 3.12. The van der Waals surface area contributed by atoms with Gasteiger partial charge in [-0.1, -0.05) is 44.2 Å². The Kier molecular flexibility index (Phi) is 7.43. The predicted octanol–water partition coefficient (Wildman–Crippen LogP) is 3.45. The molecule has 0 fully saturated rings. The second-order valence-corrected chi connectivity index (χ2v) is 8.71. The van der Waals surface area contributed by atoms with Gasteiger partial charge in [0.05, 0.1) is 6.26 Å². The molecule has 0 radical (unpaired) electrons. The van der Waals surface area contributed by atoms with E-state index in [1.807, 2.05) is 36.6 Å². The Morgan fingerprint density at radius 3 is 2.35 bits per heavy atom. The summed E-state index contributed by atoms with van der Waals surface area (Å²) in [7, 11) is -3.56.